The highest BCUT2D eigenvalue weighted by molar-refractivity contribution is 5.78. The molecule has 5 nitrogen and oxygen atoms in total. The summed E-state index contributed by atoms with van der Waals surface area (Å²) >= 11 is 0. The van der Waals surface area contributed by atoms with Crippen LogP contribution < -0.4 is 14.8 Å². The van der Waals surface area contributed by atoms with Gasteiger partial charge in [-0.05, 0) is 37.8 Å². The maximum absolute atomic E-state index is 12.9. The summed E-state index contributed by atoms with van der Waals surface area (Å²) in [5.74, 6) is 1.38. The number of piperidine rings is 1. The third-order valence-corrected chi connectivity index (χ3v) is 6.18. The first-order valence-electron chi connectivity index (χ1n) is 8.93. The van der Waals surface area contributed by atoms with E-state index >= 15 is 0 Å². The number of amides is 1. The van der Waals surface area contributed by atoms with Gasteiger partial charge >= 0.3 is 0 Å². The molecule has 0 spiro atoms. The summed E-state index contributed by atoms with van der Waals surface area (Å²) < 4.78 is 11.1. The lowest BCUT2D eigenvalue weighted by Crippen LogP contribution is -2.58. The summed E-state index contributed by atoms with van der Waals surface area (Å²) in [6, 6.07) is 8.81. The normalized spacial score (nSPS) is 34.1. The van der Waals surface area contributed by atoms with Gasteiger partial charge in [0.25, 0.3) is 5.91 Å². The van der Waals surface area contributed by atoms with Gasteiger partial charge in [0.15, 0.2) is 18.1 Å². The molecule has 3 aliphatic rings. The number of hydrogen-bond acceptors (Lipinski definition) is 4. The zero-order chi connectivity index (χ0) is 16.7. The van der Waals surface area contributed by atoms with E-state index in [1.807, 2.05) is 24.3 Å². The Balaban J connectivity index is 1.47. The largest absolute Gasteiger partial charge is 0.493 e. The van der Waals surface area contributed by atoms with E-state index in [0.717, 1.165) is 13.0 Å². The number of benzene rings is 1. The number of carbonyl (C=O) groups excluding carboxylic acids is 1. The van der Waals surface area contributed by atoms with Gasteiger partial charge in [-0.3, -0.25) is 4.79 Å². The molecule has 2 saturated heterocycles. The predicted molar refractivity (Wildman–Crippen MR) is 91.3 cm³/mol. The van der Waals surface area contributed by atoms with E-state index < -0.39 is 0 Å². The summed E-state index contributed by atoms with van der Waals surface area (Å²) in [7, 11) is 1.61. The SMILES string of the molecule is COc1ccccc1OCC(=O)N1C[C@@H]2C[C@@]3(C)[C@H](CCC[C@@H]13)N2. The first kappa shape index (κ1) is 15.8. The number of carbonyl (C=O) groups is 1. The molecule has 2 bridgehead atoms. The van der Waals surface area contributed by atoms with Gasteiger partial charge in [-0.25, -0.2) is 0 Å². The zero-order valence-corrected chi connectivity index (χ0v) is 14.5. The van der Waals surface area contributed by atoms with Crippen LogP contribution >= 0.6 is 0 Å². The number of methoxy groups -OCH3 is 1. The number of nitrogens with one attached hydrogen (secondary N) is 1. The summed E-state index contributed by atoms with van der Waals surface area (Å²) in [6.07, 6.45) is 4.74. The predicted octanol–water partition coefficient (Wildman–Crippen LogP) is 2.21. The number of hydrogen-bond donors (Lipinski definition) is 1. The highest BCUT2D eigenvalue weighted by Gasteiger charge is 2.56. The molecule has 3 fully saturated rings. The first-order valence-corrected chi connectivity index (χ1v) is 8.93. The van der Waals surface area contributed by atoms with Crippen molar-refractivity contribution in [3.05, 3.63) is 24.3 Å². The van der Waals surface area contributed by atoms with E-state index in [1.165, 1.54) is 19.3 Å². The Hall–Kier alpha value is -1.75. The van der Waals surface area contributed by atoms with Gasteiger partial charge in [-0.2, -0.15) is 0 Å². The summed E-state index contributed by atoms with van der Waals surface area (Å²) in [4.78, 5) is 14.9. The topological polar surface area (TPSA) is 50.8 Å². The van der Waals surface area contributed by atoms with Crippen molar-refractivity contribution in [2.45, 2.75) is 50.7 Å². The molecule has 0 radical (unpaired) electrons. The number of rotatable bonds is 4. The Morgan fingerprint density at radius 3 is 2.92 bits per heavy atom. The van der Waals surface area contributed by atoms with Gasteiger partial charge < -0.3 is 19.7 Å². The molecule has 130 valence electrons. The van der Waals surface area contributed by atoms with E-state index in [1.54, 1.807) is 7.11 Å². The summed E-state index contributed by atoms with van der Waals surface area (Å²) in [5, 5.41) is 3.75. The number of fused-ring (bicyclic) bond motifs is 1. The third-order valence-electron chi connectivity index (χ3n) is 6.18. The van der Waals surface area contributed by atoms with Crippen molar-refractivity contribution in [2.75, 3.05) is 20.3 Å². The monoisotopic (exact) mass is 330 g/mol. The second kappa shape index (κ2) is 5.96. The molecule has 1 aliphatic carbocycles. The van der Waals surface area contributed by atoms with Crippen molar-refractivity contribution in [3.8, 4) is 11.5 Å². The molecule has 1 saturated carbocycles. The molecule has 4 atom stereocenters. The van der Waals surface area contributed by atoms with Crippen molar-refractivity contribution >= 4 is 5.91 Å². The van der Waals surface area contributed by atoms with E-state index in [-0.39, 0.29) is 17.9 Å². The zero-order valence-electron chi connectivity index (χ0n) is 14.5. The van der Waals surface area contributed by atoms with E-state index in [9.17, 15) is 4.79 Å². The van der Waals surface area contributed by atoms with Crippen molar-refractivity contribution < 1.29 is 14.3 Å². The summed E-state index contributed by atoms with van der Waals surface area (Å²) in [5.41, 5.74) is 0.223. The average Bonchev–Trinajstić information content (AvgIpc) is 2.93. The van der Waals surface area contributed by atoms with E-state index in [0.29, 0.717) is 29.6 Å². The van der Waals surface area contributed by atoms with Crippen LogP contribution in [0.3, 0.4) is 0 Å². The smallest absolute Gasteiger partial charge is 0.260 e. The van der Waals surface area contributed by atoms with Crippen molar-refractivity contribution in [1.82, 2.24) is 10.2 Å². The minimum absolute atomic E-state index is 0.0737. The number of likely N-dealkylation sites (tertiary alicyclic amines) is 1. The second-order valence-electron chi connectivity index (χ2n) is 7.56. The van der Waals surface area contributed by atoms with Crippen molar-refractivity contribution in [2.24, 2.45) is 5.41 Å². The Morgan fingerprint density at radius 2 is 2.12 bits per heavy atom. The van der Waals surface area contributed by atoms with Crippen LogP contribution in [0.2, 0.25) is 0 Å². The Bertz CT molecular complexity index is 635. The third kappa shape index (κ3) is 2.46. The minimum Gasteiger partial charge on any atom is -0.493 e. The van der Waals surface area contributed by atoms with Gasteiger partial charge in [0, 0.05) is 30.1 Å². The fourth-order valence-electron chi connectivity index (χ4n) is 5.06. The lowest BCUT2D eigenvalue weighted by atomic mass is 9.66. The maximum atomic E-state index is 12.9. The molecular weight excluding hydrogens is 304 g/mol. The van der Waals surface area contributed by atoms with Crippen molar-refractivity contribution in [3.63, 3.8) is 0 Å². The Kier molecular flexibility index (Phi) is 3.91. The maximum Gasteiger partial charge on any atom is 0.260 e. The highest BCUT2D eigenvalue weighted by atomic mass is 16.5. The molecule has 2 heterocycles. The molecule has 0 unspecified atom stereocenters. The van der Waals surface area contributed by atoms with Crippen LogP contribution in [-0.2, 0) is 4.79 Å². The molecular formula is C19H26N2O3. The van der Waals surface area contributed by atoms with E-state index in [4.69, 9.17) is 9.47 Å². The molecule has 4 rings (SSSR count). The van der Waals surface area contributed by atoms with Gasteiger partial charge in [-0.1, -0.05) is 19.1 Å². The van der Waals surface area contributed by atoms with Crippen LogP contribution in [-0.4, -0.2) is 49.2 Å². The Morgan fingerprint density at radius 1 is 1.33 bits per heavy atom. The molecule has 24 heavy (non-hydrogen) atoms. The van der Waals surface area contributed by atoms with Crippen LogP contribution in [0.25, 0.3) is 0 Å². The van der Waals surface area contributed by atoms with Crippen LogP contribution in [0.15, 0.2) is 24.3 Å². The second-order valence-corrected chi connectivity index (χ2v) is 7.56. The van der Waals surface area contributed by atoms with Crippen LogP contribution in [0.1, 0.15) is 32.6 Å². The fraction of sp³-hybridized carbons (Fsp3) is 0.632. The standard InChI is InChI=1S/C19H26N2O3/c1-19-10-13-11-21(17(19)9-5-8-16(19)20-13)18(22)12-24-15-7-4-3-6-14(15)23-2/h3-4,6-7,13,16-17,20H,5,8-12H2,1-2H3/t13-,16-,17+,19-/m0/s1. The van der Waals surface area contributed by atoms with Crippen LogP contribution in [0.5, 0.6) is 11.5 Å². The molecule has 1 amide bonds. The lowest BCUT2D eigenvalue weighted by Gasteiger charge is -2.50. The molecule has 0 aromatic heterocycles. The number of nitrogens with zero attached hydrogens (tertiary/aromatic N) is 1. The molecule has 1 aromatic rings. The van der Waals surface area contributed by atoms with Gasteiger partial charge in [0.1, 0.15) is 0 Å². The Labute approximate surface area is 143 Å². The van der Waals surface area contributed by atoms with Crippen LogP contribution in [0.4, 0.5) is 0 Å². The molecule has 1 aromatic carbocycles. The fourth-order valence-corrected chi connectivity index (χ4v) is 5.06. The van der Waals surface area contributed by atoms with Gasteiger partial charge in [0.05, 0.1) is 7.11 Å². The molecule has 1 N–H and O–H groups in total. The number of para-hydroxylation sites is 2. The van der Waals surface area contributed by atoms with Gasteiger partial charge in [-0.15, -0.1) is 0 Å². The highest BCUT2D eigenvalue weighted by Crippen LogP contribution is 2.49. The number of ether oxygens (including phenoxy) is 2. The average molecular weight is 330 g/mol. The van der Waals surface area contributed by atoms with E-state index in [2.05, 4.69) is 17.1 Å². The quantitative estimate of drug-likeness (QED) is 0.920. The van der Waals surface area contributed by atoms with Crippen molar-refractivity contribution in [1.29, 1.82) is 0 Å². The van der Waals surface area contributed by atoms with Crippen LogP contribution in [0, 0.1) is 5.41 Å². The first-order chi connectivity index (χ1) is 11.6. The van der Waals surface area contributed by atoms with Gasteiger partial charge in [0.2, 0.25) is 0 Å². The minimum atomic E-state index is 0.0737. The lowest BCUT2D eigenvalue weighted by molar-refractivity contribution is -0.142. The summed E-state index contributed by atoms with van der Waals surface area (Å²) in [6.45, 7) is 3.24. The molecule has 5 heteroatoms. The molecule has 2 aliphatic heterocycles.